The second-order valence-corrected chi connectivity index (χ2v) is 7.97. The molecule has 0 atom stereocenters. The molecule has 7 nitrogen and oxygen atoms in total. The zero-order chi connectivity index (χ0) is 19.1. The number of hydrogen-bond acceptors (Lipinski definition) is 4. The zero-order valence-corrected chi connectivity index (χ0v) is 15.8. The van der Waals surface area contributed by atoms with Crippen LogP contribution < -0.4 is 16.6 Å². The Morgan fingerprint density at radius 2 is 1.82 bits per heavy atom. The quantitative estimate of drug-likeness (QED) is 0.717. The van der Waals surface area contributed by atoms with Crippen LogP contribution in [-0.4, -0.2) is 51.7 Å². The molecule has 0 saturated carbocycles. The van der Waals surface area contributed by atoms with Crippen molar-refractivity contribution in [2.24, 2.45) is 5.92 Å². The van der Waals surface area contributed by atoms with Crippen LogP contribution in [0.1, 0.15) is 18.9 Å². The summed E-state index contributed by atoms with van der Waals surface area (Å²) in [5.41, 5.74) is 1.15. The summed E-state index contributed by atoms with van der Waals surface area (Å²) in [6, 6.07) is 9.95. The lowest BCUT2D eigenvalue weighted by atomic mass is 9.99. The first-order chi connectivity index (χ1) is 13.7. The molecule has 2 N–H and O–H groups in total. The number of nitrogens with zero attached hydrogens (tertiary/aromatic N) is 3. The summed E-state index contributed by atoms with van der Waals surface area (Å²) in [5, 5.41) is 4.38. The Hall–Kier alpha value is -2.64. The molecule has 0 bridgehead atoms. The first kappa shape index (κ1) is 17.5. The lowest BCUT2D eigenvalue weighted by molar-refractivity contribution is 0.144. The SMILES string of the molecule is O=c1ccn(-c2cccc3c2ccn3C2CCN(CC3CNC3)CC2)c(=O)[nH]1. The molecule has 2 aliphatic heterocycles. The van der Waals surface area contributed by atoms with E-state index in [0.717, 1.165) is 61.5 Å². The van der Waals surface area contributed by atoms with Gasteiger partial charge in [0.1, 0.15) is 0 Å². The monoisotopic (exact) mass is 379 g/mol. The minimum absolute atomic E-state index is 0.379. The number of hydrogen-bond donors (Lipinski definition) is 2. The van der Waals surface area contributed by atoms with Gasteiger partial charge in [-0.2, -0.15) is 0 Å². The van der Waals surface area contributed by atoms with Crippen LogP contribution in [0.4, 0.5) is 0 Å². The van der Waals surface area contributed by atoms with E-state index in [4.69, 9.17) is 0 Å². The molecule has 146 valence electrons. The normalized spacial score (nSPS) is 19.1. The van der Waals surface area contributed by atoms with Gasteiger partial charge in [-0.3, -0.25) is 14.3 Å². The van der Waals surface area contributed by atoms with Crippen LogP contribution in [0, 0.1) is 5.92 Å². The van der Waals surface area contributed by atoms with E-state index in [1.54, 1.807) is 6.20 Å². The van der Waals surface area contributed by atoms with Gasteiger partial charge in [-0.05, 0) is 37.0 Å². The van der Waals surface area contributed by atoms with Crippen molar-refractivity contribution in [3.63, 3.8) is 0 Å². The molecule has 2 fully saturated rings. The fourth-order valence-corrected chi connectivity index (χ4v) is 4.53. The standard InChI is InChI=1S/C21H25N5O2/c27-20-7-11-26(21(28)23-20)19-3-1-2-18-17(19)6-10-25(18)16-4-8-24(9-5-16)14-15-12-22-13-15/h1-3,6-7,10-11,15-16,22H,4-5,8-9,12-14H2,(H,23,27,28). The van der Waals surface area contributed by atoms with Crippen LogP contribution in [0.3, 0.4) is 0 Å². The van der Waals surface area contributed by atoms with Gasteiger partial charge in [0.15, 0.2) is 0 Å². The molecule has 0 unspecified atom stereocenters. The minimum Gasteiger partial charge on any atom is -0.344 e. The molecule has 5 rings (SSSR count). The van der Waals surface area contributed by atoms with Gasteiger partial charge in [-0.25, -0.2) is 4.79 Å². The molecule has 2 saturated heterocycles. The van der Waals surface area contributed by atoms with E-state index in [-0.39, 0.29) is 5.56 Å². The molecular formula is C21H25N5O2. The third-order valence-electron chi connectivity index (χ3n) is 6.16. The number of aromatic nitrogens is 3. The van der Waals surface area contributed by atoms with Crippen LogP contribution in [0.15, 0.2) is 52.3 Å². The Kier molecular flexibility index (Phi) is 4.41. The third kappa shape index (κ3) is 3.10. The second kappa shape index (κ2) is 7.07. The molecule has 3 aromatic rings. The van der Waals surface area contributed by atoms with Gasteiger partial charge in [0.25, 0.3) is 5.56 Å². The predicted octanol–water partition coefficient (Wildman–Crippen LogP) is 1.34. The van der Waals surface area contributed by atoms with E-state index < -0.39 is 5.69 Å². The zero-order valence-electron chi connectivity index (χ0n) is 15.8. The number of likely N-dealkylation sites (tertiary alicyclic amines) is 1. The van der Waals surface area contributed by atoms with Crippen LogP contribution >= 0.6 is 0 Å². The number of nitrogens with one attached hydrogen (secondary N) is 2. The topological polar surface area (TPSA) is 75.1 Å². The summed E-state index contributed by atoms with van der Waals surface area (Å²) in [5.74, 6) is 0.821. The highest BCUT2D eigenvalue weighted by Gasteiger charge is 2.25. The van der Waals surface area contributed by atoms with Gasteiger partial charge in [0.05, 0.1) is 11.2 Å². The molecule has 0 amide bonds. The van der Waals surface area contributed by atoms with E-state index in [1.165, 1.54) is 17.2 Å². The lowest BCUT2D eigenvalue weighted by Crippen LogP contribution is -2.49. The van der Waals surface area contributed by atoms with E-state index >= 15 is 0 Å². The minimum atomic E-state index is -0.411. The molecule has 2 aliphatic rings. The largest absolute Gasteiger partial charge is 0.344 e. The third-order valence-corrected chi connectivity index (χ3v) is 6.16. The maximum Gasteiger partial charge on any atom is 0.332 e. The van der Waals surface area contributed by atoms with E-state index in [9.17, 15) is 9.59 Å². The lowest BCUT2D eigenvalue weighted by Gasteiger charge is -2.37. The smallest absolute Gasteiger partial charge is 0.332 e. The average Bonchev–Trinajstić information content (AvgIpc) is 3.10. The number of rotatable bonds is 4. The Balaban J connectivity index is 1.41. The molecule has 28 heavy (non-hydrogen) atoms. The van der Waals surface area contributed by atoms with Crippen LogP contribution in [0.5, 0.6) is 0 Å². The van der Waals surface area contributed by atoms with Gasteiger partial charge < -0.3 is 14.8 Å². The van der Waals surface area contributed by atoms with Crippen molar-refractivity contribution < 1.29 is 0 Å². The number of H-pyrrole nitrogens is 1. The Morgan fingerprint density at radius 1 is 1.00 bits per heavy atom. The molecular weight excluding hydrogens is 354 g/mol. The Bertz CT molecular complexity index is 1100. The predicted molar refractivity (Wildman–Crippen MR) is 109 cm³/mol. The average molecular weight is 379 g/mol. The summed E-state index contributed by atoms with van der Waals surface area (Å²) in [6.45, 7) is 5.81. The first-order valence-electron chi connectivity index (χ1n) is 10.0. The van der Waals surface area contributed by atoms with Crippen molar-refractivity contribution in [3.8, 4) is 5.69 Å². The molecule has 7 heteroatoms. The highest BCUT2D eigenvalue weighted by Crippen LogP contribution is 2.30. The van der Waals surface area contributed by atoms with E-state index in [0.29, 0.717) is 6.04 Å². The van der Waals surface area contributed by atoms with Crippen molar-refractivity contribution in [3.05, 3.63) is 63.6 Å². The highest BCUT2D eigenvalue weighted by molar-refractivity contribution is 5.88. The maximum atomic E-state index is 12.2. The van der Waals surface area contributed by atoms with Crippen molar-refractivity contribution >= 4 is 10.9 Å². The first-order valence-corrected chi connectivity index (χ1v) is 10.0. The van der Waals surface area contributed by atoms with Gasteiger partial charge >= 0.3 is 5.69 Å². The van der Waals surface area contributed by atoms with Gasteiger partial charge in [-0.1, -0.05) is 6.07 Å². The molecule has 2 aromatic heterocycles. The fourth-order valence-electron chi connectivity index (χ4n) is 4.53. The Morgan fingerprint density at radius 3 is 2.54 bits per heavy atom. The summed E-state index contributed by atoms with van der Waals surface area (Å²) >= 11 is 0. The summed E-state index contributed by atoms with van der Waals surface area (Å²) < 4.78 is 3.86. The van der Waals surface area contributed by atoms with Gasteiger partial charge in [0.2, 0.25) is 0 Å². The number of fused-ring (bicyclic) bond motifs is 1. The van der Waals surface area contributed by atoms with Crippen molar-refractivity contribution in [2.75, 3.05) is 32.7 Å². The van der Waals surface area contributed by atoms with E-state index in [2.05, 4.69) is 38.1 Å². The summed E-state index contributed by atoms with van der Waals surface area (Å²) in [7, 11) is 0. The summed E-state index contributed by atoms with van der Waals surface area (Å²) in [6.07, 6.45) is 5.97. The van der Waals surface area contributed by atoms with Crippen molar-refractivity contribution in [1.82, 2.24) is 24.3 Å². The van der Waals surface area contributed by atoms with Gasteiger partial charge in [-0.15, -0.1) is 0 Å². The van der Waals surface area contributed by atoms with Crippen molar-refractivity contribution in [1.29, 1.82) is 0 Å². The fraction of sp³-hybridized carbons (Fsp3) is 0.429. The number of benzene rings is 1. The maximum absolute atomic E-state index is 12.2. The molecule has 0 spiro atoms. The van der Waals surface area contributed by atoms with Crippen LogP contribution in [-0.2, 0) is 0 Å². The van der Waals surface area contributed by atoms with Gasteiger partial charge in [0, 0.05) is 62.6 Å². The number of aromatic amines is 1. The second-order valence-electron chi connectivity index (χ2n) is 7.97. The molecule has 0 aliphatic carbocycles. The molecule has 0 radical (unpaired) electrons. The molecule has 4 heterocycles. The number of piperidine rings is 1. The van der Waals surface area contributed by atoms with Crippen molar-refractivity contribution in [2.45, 2.75) is 18.9 Å². The van der Waals surface area contributed by atoms with Crippen LogP contribution in [0.25, 0.3) is 16.6 Å². The summed E-state index contributed by atoms with van der Waals surface area (Å²) in [4.78, 5) is 28.6. The van der Waals surface area contributed by atoms with Crippen LogP contribution in [0.2, 0.25) is 0 Å². The highest BCUT2D eigenvalue weighted by atomic mass is 16.2. The Labute approximate surface area is 162 Å². The van der Waals surface area contributed by atoms with E-state index in [1.807, 2.05) is 12.1 Å². The molecule has 1 aromatic carbocycles.